The predicted octanol–water partition coefficient (Wildman–Crippen LogP) is 5.67. The van der Waals surface area contributed by atoms with Gasteiger partial charge in [0.15, 0.2) is 0 Å². The van der Waals surface area contributed by atoms with Crippen molar-refractivity contribution < 1.29 is 20.0 Å². The monoisotopic (exact) mass is 539 g/mol. The van der Waals surface area contributed by atoms with Gasteiger partial charge in [-0.3, -0.25) is 0 Å². The van der Waals surface area contributed by atoms with Crippen molar-refractivity contribution in [1.82, 2.24) is 0 Å². The number of hydrogen-bond acceptors (Lipinski definition) is 2. The molecule has 0 N–H and O–H groups in total. The molecule has 0 spiro atoms. The van der Waals surface area contributed by atoms with Gasteiger partial charge in [0.05, 0.1) is 0 Å². The third-order valence-corrected chi connectivity index (χ3v) is 4.71. The Labute approximate surface area is 168 Å². The number of nitrogens with zero attached hydrogens (tertiary/aromatic N) is 2. The molecule has 0 aromatic heterocycles. The van der Waals surface area contributed by atoms with E-state index in [0.717, 1.165) is 13.1 Å². The van der Waals surface area contributed by atoms with Gasteiger partial charge in [-0.05, 0) is 63.8 Å². The second kappa shape index (κ2) is 8.64. The van der Waals surface area contributed by atoms with Gasteiger partial charge in [-0.2, -0.15) is 6.67 Å². The van der Waals surface area contributed by atoms with E-state index in [1.54, 1.807) is 20.0 Å². The summed E-state index contributed by atoms with van der Waals surface area (Å²) in [7, 11) is 4.58. The molecule has 1 aliphatic heterocycles. The van der Waals surface area contributed by atoms with Crippen molar-refractivity contribution in [3.8, 4) is 0 Å². The van der Waals surface area contributed by atoms with Crippen molar-refractivity contribution in [2.75, 3.05) is 22.9 Å². The Bertz CT molecular complexity index is 648. The van der Waals surface area contributed by atoms with Crippen LogP contribution in [0.1, 0.15) is 33.4 Å². The molecule has 0 aliphatic carbocycles. The molecule has 1 fully saturated rings. The number of aryl methyl sites for hydroxylation is 6. The Hall–Kier alpha value is -0.930. The molecule has 2 aromatic carbocycles. The summed E-state index contributed by atoms with van der Waals surface area (Å²) in [4.78, 5) is 4.81. The number of anilines is 2. The molecule has 4 heteroatoms. The molecule has 0 radical (unpaired) electrons. The van der Waals surface area contributed by atoms with E-state index in [9.17, 15) is 0 Å². The molecule has 0 saturated carbocycles. The minimum atomic E-state index is 1.04. The third-order valence-electron chi connectivity index (χ3n) is 4.71. The molecule has 1 heterocycles. The molecule has 0 bridgehead atoms. The van der Waals surface area contributed by atoms with Gasteiger partial charge in [0.2, 0.25) is 0 Å². The molecule has 0 unspecified atom stereocenters. The van der Waals surface area contributed by atoms with Gasteiger partial charge < -0.3 is 9.80 Å². The molecule has 140 valence electrons. The molecular weight excluding hydrogens is 513 g/mol. The van der Waals surface area contributed by atoms with Crippen molar-refractivity contribution in [2.24, 2.45) is 0 Å². The zero-order valence-corrected chi connectivity index (χ0v) is 18.8. The van der Waals surface area contributed by atoms with Gasteiger partial charge in [0.25, 0.3) is 0 Å². The molecule has 1 saturated heterocycles. The summed E-state index contributed by atoms with van der Waals surface area (Å²) in [5.74, 6) is 0. The van der Waals surface area contributed by atoms with Gasteiger partial charge in [0.1, 0.15) is 0 Å². The van der Waals surface area contributed by atoms with Crippen molar-refractivity contribution in [3.05, 3.63) is 64.3 Å². The van der Waals surface area contributed by atoms with Crippen molar-refractivity contribution >= 4 is 20.6 Å². The average Bonchev–Trinajstić information content (AvgIpc) is 2.96. The van der Waals surface area contributed by atoms with Crippen LogP contribution in [0.3, 0.4) is 0 Å². The molecule has 0 amide bonds. The van der Waals surface area contributed by atoms with Crippen LogP contribution in [0.4, 0.5) is 11.4 Å². The van der Waals surface area contributed by atoms with Gasteiger partial charge in [-0.25, -0.2) is 0 Å². The maximum absolute atomic E-state index is 4.58. The molecule has 2 aromatic rings. The van der Waals surface area contributed by atoms with E-state index >= 15 is 0 Å². The van der Waals surface area contributed by atoms with Gasteiger partial charge in [-0.1, -0.05) is 35.4 Å². The van der Waals surface area contributed by atoms with Crippen LogP contribution in [0.25, 0.3) is 0 Å². The summed E-state index contributed by atoms with van der Waals surface area (Å²) in [6, 6.07) is 9.12. The number of halogens is 1. The van der Waals surface area contributed by atoms with E-state index in [1.807, 2.05) is 0 Å². The third kappa shape index (κ3) is 4.43. The van der Waals surface area contributed by atoms with E-state index < -0.39 is 0 Å². The average molecular weight is 540 g/mol. The Morgan fingerprint density at radius 2 is 0.960 bits per heavy atom. The van der Waals surface area contributed by atoms with Crippen molar-refractivity contribution in [1.29, 1.82) is 0 Å². The first-order chi connectivity index (χ1) is 11.9. The Kier molecular flexibility index (Phi) is 7.04. The fourth-order valence-corrected chi connectivity index (χ4v) is 4.09. The standard InChI is InChI=1S/C21H27N2.Au.ClH/c1-14-9-16(3)20(17(4)10-14)22-7-8-23(13-22)21-18(5)11-15(2)12-19(21)6;;/h9-13H,7-8H2,1-6H3;;1H/q-1;+1;/p-1. The van der Waals surface area contributed by atoms with Crippen LogP contribution < -0.4 is 9.80 Å². The summed E-state index contributed by atoms with van der Waals surface area (Å²) in [6.45, 7) is 17.6. The van der Waals surface area contributed by atoms with Crippen LogP contribution in [0.2, 0.25) is 0 Å². The van der Waals surface area contributed by atoms with Crippen LogP contribution in [0.5, 0.6) is 0 Å². The predicted molar refractivity (Wildman–Crippen MR) is 106 cm³/mol. The quantitative estimate of drug-likeness (QED) is 0.358. The topological polar surface area (TPSA) is 6.48 Å². The van der Waals surface area contributed by atoms with Gasteiger partial charge in [0, 0.05) is 24.5 Å². The molecule has 25 heavy (non-hydrogen) atoms. The fraction of sp³-hybridized carbons (Fsp3) is 0.381. The molecular formula is C21H27AuClN2-. The van der Waals surface area contributed by atoms with Crippen LogP contribution in [-0.4, -0.2) is 13.1 Å². The number of benzene rings is 2. The van der Waals surface area contributed by atoms with Crippen LogP contribution in [-0.2, 0) is 20.0 Å². The van der Waals surface area contributed by atoms with E-state index in [-0.39, 0.29) is 0 Å². The summed E-state index contributed by atoms with van der Waals surface area (Å²) in [6.07, 6.45) is 0. The Morgan fingerprint density at radius 3 is 1.24 bits per heavy atom. The fourth-order valence-electron chi connectivity index (χ4n) is 4.09. The van der Waals surface area contributed by atoms with Crippen LogP contribution in [0, 0.1) is 48.2 Å². The summed E-state index contributed by atoms with van der Waals surface area (Å²) < 4.78 is 0. The first kappa shape index (κ1) is 20.4. The molecule has 0 atom stereocenters. The van der Waals surface area contributed by atoms with Gasteiger partial charge in [-0.15, -0.1) is 0 Å². The Balaban J connectivity index is 0.00000109. The molecule has 3 rings (SSSR count). The van der Waals surface area contributed by atoms with Gasteiger partial charge >= 0.3 is 29.2 Å². The Morgan fingerprint density at radius 1 is 0.680 bits per heavy atom. The first-order valence-corrected chi connectivity index (χ1v) is 11.2. The van der Waals surface area contributed by atoms with Crippen LogP contribution in [0.15, 0.2) is 24.3 Å². The van der Waals surface area contributed by atoms with E-state index in [0.29, 0.717) is 0 Å². The molecule has 1 aliphatic rings. The number of hydrogen-bond donors (Lipinski definition) is 0. The number of rotatable bonds is 2. The zero-order chi connectivity index (χ0) is 18.7. The van der Waals surface area contributed by atoms with Crippen molar-refractivity contribution in [3.63, 3.8) is 0 Å². The maximum atomic E-state index is 4.58. The van der Waals surface area contributed by atoms with Crippen molar-refractivity contribution in [2.45, 2.75) is 41.5 Å². The second-order valence-corrected chi connectivity index (χ2v) is 7.00. The van der Waals surface area contributed by atoms with E-state index in [4.69, 9.17) is 0 Å². The van der Waals surface area contributed by atoms with E-state index in [1.165, 1.54) is 44.8 Å². The SMILES string of the molecule is Cc1cc(C)c(N2[CH-]N(c3c(C)cc(C)cc3C)CC2)c(C)c1.[Cl][Au]. The van der Waals surface area contributed by atoms with E-state index in [2.05, 4.69) is 91.5 Å². The second-order valence-electron chi connectivity index (χ2n) is 7.00. The summed E-state index contributed by atoms with van der Waals surface area (Å²) >= 11 is 1.75. The summed E-state index contributed by atoms with van der Waals surface area (Å²) in [5, 5.41) is 0. The molecule has 2 nitrogen and oxygen atoms in total. The van der Waals surface area contributed by atoms with Crippen LogP contribution >= 0.6 is 9.19 Å². The zero-order valence-electron chi connectivity index (χ0n) is 15.9. The normalized spacial score (nSPS) is 13.8. The summed E-state index contributed by atoms with van der Waals surface area (Å²) in [5.41, 5.74) is 10.8. The first-order valence-electron chi connectivity index (χ1n) is 8.52. The minimum absolute atomic E-state index is 1.04.